The lowest BCUT2D eigenvalue weighted by molar-refractivity contribution is -0.136. The van der Waals surface area contributed by atoms with Gasteiger partial charge in [0, 0.05) is 42.7 Å². The SMILES string of the molecule is CC(C)C(C)N[C@H]1CCCO[C@@H]1Cc1ccc2c(c1F)CN(C1CCC(=O)NC1=O)C2=O. The second-order valence-electron chi connectivity index (χ2n) is 9.53. The number of nitrogens with one attached hydrogen (secondary N) is 2. The predicted octanol–water partition coefficient (Wildman–Crippen LogP) is 2.31. The number of hydrogen-bond acceptors (Lipinski definition) is 5. The van der Waals surface area contributed by atoms with E-state index in [1.54, 1.807) is 12.1 Å². The highest BCUT2D eigenvalue weighted by molar-refractivity contribution is 6.05. The fraction of sp³-hybridized carbons (Fsp3) is 0.625. The molecule has 0 bridgehead atoms. The molecule has 0 spiro atoms. The highest BCUT2D eigenvalue weighted by Gasteiger charge is 2.40. The second-order valence-corrected chi connectivity index (χ2v) is 9.53. The van der Waals surface area contributed by atoms with Gasteiger partial charge in [0.25, 0.3) is 5.91 Å². The number of ether oxygens (including phenoxy) is 1. The lowest BCUT2D eigenvalue weighted by Gasteiger charge is -2.35. The van der Waals surface area contributed by atoms with Gasteiger partial charge in [-0.2, -0.15) is 0 Å². The first-order chi connectivity index (χ1) is 15.3. The third-order valence-electron chi connectivity index (χ3n) is 7.07. The van der Waals surface area contributed by atoms with Crippen molar-refractivity contribution < 1.29 is 23.5 Å². The van der Waals surface area contributed by atoms with Gasteiger partial charge >= 0.3 is 0 Å². The zero-order valence-electron chi connectivity index (χ0n) is 18.9. The van der Waals surface area contributed by atoms with Gasteiger partial charge in [-0.25, -0.2) is 4.39 Å². The first-order valence-corrected chi connectivity index (χ1v) is 11.6. The van der Waals surface area contributed by atoms with E-state index in [0.717, 1.165) is 12.8 Å². The van der Waals surface area contributed by atoms with Crippen molar-refractivity contribution in [2.45, 2.75) is 83.6 Å². The highest BCUT2D eigenvalue weighted by atomic mass is 19.1. The van der Waals surface area contributed by atoms with E-state index < -0.39 is 17.8 Å². The molecule has 0 aromatic heterocycles. The summed E-state index contributed by atoms with van der Waals surface area (Å²) in [6, 6.07) is 3.05. The molecule has 2 N–H and O–H groups in total. The first-order valence-electron chi connectivity index (χ1n) is 11.6. The maximum absolute atomic E-state index is 15.5. The number of halogens is 1. The van der Waals surface area contributed by atoms with E-state index in [1.165, 1.54) is 4.90 Å². The van der Waals surface area contributed by atoms with Crippen LogP contribution in [0, 0.1) is 11.7 Å². The molecular weight excluding hydrogens is 413 g/mol. The summed E-state index contributed by atoms with van der Waals surface area (Å²) >= 11 is 0. The molecule has 174 valence electrons. The topological polar surface area (TPSA) is 87.7 Å². The van der Waals surface area contributed by atoms with Crippen molar-refractivity contribution in [3.05, 3.63) is 34.6 Å². The summed E-state index contributed by atoms with van der Waals surface area (Å²) in [7, 11) is 0. The average molecular weight is 446 g/mol. The van der Waals surface area contributed by atoms with Crippen LogP contribution in [0.2, 0.25) is 0 Å². The van der Waals surface area contributed by atoms with Gasteiger partial charge in [0.15, 0.2) is 0 Å². The Labute approximate surface area is 188 Å². The molecule has 4 rings (SSSR count). The number of carbonyl (C=O) groups excluding carboxylic acids is 3. The van der Waals surface area contributed by atoms with E-state index in [0.29, 0.717) is 41.7 Å². The summed E-state index contributed by atoms with van der Waals surface area (Å²) in [6.45, 7) is 7.19. The predicted molar refractivity (Wildman–Crippen MR) is 116 cm³/mol. The minimum Gasteiger partial charge on any atom is -0.376 e. The molecule has 8 heteroatoms. The lowest BCUT2D eigenvalue weighted by Crippen LogP contribution is -2.52. The summed E-state index contributed by atoms with van der Waals surface area (Å²) in [5, 5.41) is 5.92. The van der Waals surface area contributed by atoms with Crippen LogP contribution in [0.3, 0.4) is 0 Å². The van der Waals surface area contributed by atoms with Gasteiger partial charge in [0.05, 0.1) is 12.6 Å². The molecule has 2 fully saturated rings. The summed E-state index contributed by atoms with van der Waals surface area (Å²) in [4.78, 5) is 37.9. The largest absolute Gasteiger partial charge is 0.376 e. The number of rotatable bonds is 6. The number of piperidine rings is 1. The number of imide groups is 1. The number of hydrogen-bond donors (Lipinski definition) is 2. The number of fused-ring (bicyclic) bond motifs is 1. The van der Waals surface area contributed by atoms with E-state index in [2.05, 4.69) is 31.4 Å². The number of carbonyl (C=O) groups is 3. The molecule has 0 radical (unpaired) electrons. The Bertz CT molecular complexity index is 919. The number of benzene rings is 1. The molecule has 4 atom stereocenters. The molecule has 2 saturated heterocycles. The van der Waals surface area contributed by atoms with Crippen molar-refractivity contribution in [2.24, 2.45) is 5.92 Å². The van der Waals surface area contributed by atoms with Crippen molar-refractivity contribution in [1.82, 2.24) is 15.5 Å². The molecule has 2 unspecified atom stereocenters. The number of nitrogens with zero attached hydrogens (tertiary/aromatic N) is 1. The van der Waals surface area contributed by atoms with E-state index >= 15 is 4.39 Å². The van der Waals surface area contributed by atoms with Crippen LogP contribution >= 0.6 is 0 Å². The van der Waals surface area contributed by atoms with E-state index in [1.807, 2.05) is 0 Å². The molecule has 1 aromatic rings. The molecule has 7 nitrogen and oxygen atoms in total. The van der Waals surface area contributed by atoms with Crippen LogP contribution in [0.15, 0.2) is 12.1 Å². The zero-order chi connectivity index (χ0) is 23.0. The lowest BCUT2D eigenvalue weighted by atomic mass is 9.92. The normalized spacial score (nSPS) is 27.0. The highest BCUT2D eigenvalue weighted by Crippen LogP contribution is 2.32. The Morgan fingerprint density at radius 3 is 2.72 bits per heavy atom. The molecule has 1 aromatic carbocycles. The standard InChI is InChI=1S/C24H32FN3O4/c1-13(2)14(3)26-18-5-4-10-32-20(18)11-15-6-7-16-17(22(15)25)12-28(24(16)31)19-8-9-21(29)27-23(19)30/h6-7,13-14,18-20,26H,4-5,8-12H2,1-3H3,(H,27,29,30)/t14?,18-,19?,20+/m0/s1. The van der Waals surface area contributed by atoms with Crippen LogP contribution in [0.5, 0.6) is 0 Å². The van der Waals surface area contributed by atoms with Crippen LogP contribution in [0.25, 0.3) is 0 Å². The van der Waals surface area contributed by atoms with Crippen molar-refractivity contribution in [2.75, 3.05) is 6.61 Å². The van der Waals surface area contributed by atoms with Crippen molar-refractivity contribution in [3.8, 4) is 0 Å². The summed E-state index contributed by atoms with van der Waals surface area (Å²) in [5.74, 6) is -1.11. The smallest absolute Gasteiger partial charge is 0.255 e. The van der Waals surface area contributed by atoms with Crippen LogP contribution in [-0.4, -0.2) is 53.5 Å². The fourth-order valence-corrected chi connectivity index (χ4v) is 4.79. The van der Waals surface area contributed by atoms with Crippen LogP contribution in [-0.2, 0) is 27.3 Å². The van der Waals surface area contributed by atoms with E-state index in [4.69, 9.17) is 4.74 Å². The van der Waals surface area contributed by atoms with Gasteiger partial charge < -0.3 is 15.0 Å². The zero-order valence-corrected chi connectivity index (χ0v) is 18.9. The third kappa shape index (κ3) is 4.43. The fourth-order valence-electron chi connectivity index (χ4n) is 4.79. The van der Waals surface area contributed by atoms with Gasteiger partial charge in [-0.3, -0.25) is 19.7 Å². The third-order valence-corrected chi connectivity index (χ3v) is 7.07. The quantitative estimate of drug-likeness (QED) is 0.656. The van der Waals surface area contributed by atoms with Crippen molar-refractivity contribution in [1.29, 1.82) is 0 Å². The van der Waals surface area contributed by atoms with E-state index in [-0.39, 0.29) is 43.3 Å². The number of amides is 3. The van der Waals surface area contributed by atoms with Crippen LogP contribution < -0.4 is 10.6 Å². The Kier molecular flexibility index (Phi) is 6.62. The van der Waals surface area contributed by atoms with Gasteiger partial charge in [0.2, 0.25) is 11.8 Å². The molecule has 0 saturated carbocycles. The maximum atomic E-state index is 15.5. The summed E-state index contributed by atoms with van der Waals surface area (Å²) < 4.78 is 21.5. The van der Waals surface area contributed by atoms with Gasteiger partial charge in [-0.1, -0.05) is 19.9 Å². The molecule has 3 amide bonds. The minimum atomic E-state index is -0.747. The van der Waals surface area contributed by atoms with Crippen LogP contribution in [0.4, 0.5) is 4.39 Å². The van der Waals surface area contributed by atoms with Gasteiger partial charge in [0.1, 0.15) is 11.9 Å². The molecule has 3 heterocycles. The Balaban J connectivity index is 1.51. The monoisotopic (exact) mass is 445 g/mol. The minimum absolute atomic E-state index is 0.0394. The summed E-state index contributed by atoms with van der Waals surface area (Å²) in [5.41, 5.74) is 1.15. The Morgan fingerprint density at radius 2 is 2.00 bits per heavy atom. The first kappa shape index (κ1) is 22.9. The van der Waals surface area contributed by atoms with Gasteiger partial charge in [-0.05, 0) is 43.7 Å². The van der Waals surface area contributed by atoms with Gasteiger partial charge in [-0.15, -0.1) is 0 Å². The molecule has 0 aliphatic carbocycles. The van der Waals surface area contributed by atoms with Crippen molar-refractivity contribution in [3.63, 3.8) is 0 Å². The Morgan fingerprint density at radius 1 is 1.22 bits per heavy atom. The second kappa shape index (κ2) is 9.27. The van der Waals surface area contributed by atoms with E-state index in [9.17, 15) is 14.4 Å². The maximum Gasteiger partial charge on any atom is 0.255 e. The molecular formula is C24H32FN3O4. The molecule has 32 heavy (non-hydrogen) atoms. The molecule has 3 aliphatic rings. The molecule has 3 aliphatic heterocycles. The van der Waals surface area contributed by atoms with Crippen molar-refractivity contribution >= 4 is 17.7 Å². The summed E-state index contributed by atoms with van der Waals surface area (Å²) in [6.07, 6.45) is 2.68. The Hall–Kier alpha value is -2.32. The average Bonchev–Trinajstić information content (AvgIpc) is 3.08. The van der Waals surface area contributed by atoms with Crippen LogP contribution in [0.1, 0.15) is 67.9 Å².